The van der Waals surface area contributed by atoms with Crippen LogP contribution in [0, 0.1) is 19.7 Å². The second-order valence-corrected chi connectivity index (χ2v) is 9.32. The van der Waals surface area contributed by atoms with Gasteiger partial charge in [0.2, 0.25) is 0 Å². The minimum absolute atomic E-state index is 0.119. The highest BCUT2D eigenvalue weighted by molar-refractivity contribution is 5.83. The summed E-state index contributed by atoms with van der Waals surface area (Å²) in [5.41, 5.74) is 4.49. The minimum Gasteiger partial charge on any atom is -0.468 e. The predicted octanol–water partition coefficient (Wildman–Crippen LogP) is 5.07. The highest BCUT2D eigenvalue weighted by Crippen LogP contribution is 2.27. The molecule has 5 rings (SSSR count). The summed E-state index contributed by atoms with van der Waals surface area (Å²) < 4.78 is 20.8. The first-order valence-corrected chi connectivity index (χ1v) is 12.3. The smallest absolute Gasteiger partial charge is 0.252 e. The van der Waals surface area contributed by atoms with Gasteiger partial charge in [0.05, 0.1) is 30.9 Å². The molecule has 3 aromatic heterocycles. The van der Waals surface area contributed by atoms with Crippen LogP contribution in [0.4, 0.5) is 4.39 Å². The second kappa shape index (κ2) is 10.5. The van der Waals surface area contributed by atoms with Crippen LogP contribution in [0.5, 0.6) is 0 Å². The van der Waals surface area contributed by atoms with Crippen molar-refractivity contribution in [1.29, 1.82) is 0 Å². The normalized spacial score (nSPS) is 12.5. The summed E-state index contributed by atoms with van der Waals surface area (Å²) in [5.74, 6) is 1.16. The van der Waals surface area contributed by atoms with E-state index in [-0.39, 0.29) is 17.4 Å². The van der Waals surface area contributed by atoms with Crippen molar-refractivity contribution in [2.24, 2.45) is 0 Å². The van der Waals surface area contributed by atoms with Gasteiger partial charge >= 0.3 is 0 Å². The Hall–Kier alpha value is -4.11. The number of hydrogen-bond acceptors (Lipinski definition) is 6. The Morgan fingerprint density at radius 3 is 2.65 bits per heavy atom. The van der Waals surface area contributed by atoms with Crippen molar-refractivity contribution in [1.82, 2.24) is 30.1 Å². The number of nitrogens with zero attached hydrogens (tertiary/aromatic N) is 5. The maximum Gasteiger partial charge on any atom is 0.252 e. The monoisotopic (exact) mass is 500 g/mol. The van der Waals surface area contributed by atoms with E-state index in [0.29, 0.717) is 37.4 Å². The fourth-order valence-corrected chi connectivity index (χ4v) is 4.71. The Labute approximate surface area is 213 Å². The molecule has 190 valence electrons. The number of tetrazole rings is 1. The van der Waals surface area contributed by atoms with E-state index in [1.807, 2.05) is 38.1 Å². The van der Waals surface area contributed by atoms with Crippen molar-refractivity contribution < 1.29 is 8.81 Å². The number of H-pyrrole nitrogens is 1. The molecule has 37 heavy (non-hydrogen) atoms. The maximum absolute atomic E-state index is 13.4. The number of rotatable bonds is 9. The SMILES string of the molecule is CCC(c1nnnn1Cc1ccc(F)cc1)N(Cc1ccco1)Cc1cc2ccc(C)c(C)c2[nH]c1=O. The highest BCUT2D eigenvalue weighted by atomic mass is 19.1. The van der Waals surface area contributed by atoms with Crippen LogP contribution >= 0.6 is 0 Å². The molecular weight excluding hydrogens is 471 g/mol. The van der Waals surface area contributed by atoms with Crippen LogP contribution in [0.15, 0.2) is 70.1 Å². The molecule has 0 saturated carbocycles. The molecule has 0 amide bonds. The van der Waals surface area contributed by atoms with E-state index in [2.05, 4.69) is 38.4 Å². The molecule has 5 aromatic rings. The highest BCUT2D eigenvalue weighted by Gasteiger charge is 2.27. The van der Waals surface area contributed by atoms with Gasteiger partial charge in [-0.15, -0.1) is 5.10 Å². The van der Waals surface area contributed by atoms with E-state index >= 15 is 0 Å². The van der Waals surface area contributed by atoms with Crippen molar-refractivity contribution in [3.8, 4) is 0 Å². The van der Waals surface area contributed by atoms with Crippen molar-refractivity contribution in [3.63, 3.8) is 0 Å². The van der Waals surface area contributed by atoms with Crippen LogP contribution in [0.2, 0.25) is 0 Å². The van der Waals surface area contributed by atoms with E-state index < -0.39 is 0 Å². The van der Waals surface area contributed by atoms with E-state index in [4.69, 9.17) is 4.42 Å². The number of aryl methyl sites for hydroxylation is 2. The van der Waals surface area contributed by atoms with Crippen LogP contribution in [-0.4, -0.2) is 30.1 Å². The Morgan fingerprint density at radius 2 is 1.92 bits per heavy atom. The van der Waals surface area contributed by atoms with Crippen LogP contribution in [0.1, 0.15) is 53.2 Å². The first-order valence-electron chi connectivity index (χ1n) is 12.3. The average Bonchev–Trinajstić information content (AvgIpc) is 3.57. The van der Waals surface area contributed by atoms with Crippen LogP contribution < -0.4 is 5.56 Å². The largest absolute Gasteiger partial charge is 0.468 e. The van der Waals surface area contributed by atoms with Gasteiger partial charge < -0.3 is 9.40 Å². The zero-order valence-electron chi connectivity index (χ0n) is 21.1. The number of aromatic amines is 1. The van der Waals surface area contributed by atoms with E-state index in [1.54, 1.807) is 23.1 Å². The topological polar surface area (TPSA) is 92.8 Å². The molecule has 1 atom stereocenters. The molecule has 0 radical (unpaired) electrons. The van der Waals surface area contributed by atoms with Gasteiger partial charge in [-0.1, -0.05) is 31.2 Å². The fraction of sp³-hybridized carbons (Fsp3) is 0.286. The molecule has 1 N–H and O–H groups in total. The lowest BCUT2D eigenvalue weighted by atomic mass is 10.0. The molecule has 0 fully saturated rings. The second-order valence-electron chi connectivity index (χ2n) is 9.32. The van der Waals surface area contributed by atoms with Gasteiger partial charge in [-0.2, -0.15) is 0 Å². The van der Waals surface area contributed by atoms with E-state index in [1.165, 1.54) is 12.1 Å². The summed E-state index contributed by atoms with van der Waals surface area (Å²) in [4.78, 5) is 18.4. The first kappa shape index (κ1) is 24.6. The molecule has 0 aliphatic rings. The lowest BCUT2D eigenvalue weighted by Crippen LogP contribution is -2.32. The lowest BCUT2D eigenvalue weighted by Gasteiger charge is -2.29. The first-order chi connectivity index (χ1) is 17.9. The Balaban J connectivity index is 1.50. The van der Waals surface area contributed by atoms with Gasteiger partial charge in [-0.3, -0.25) is 9.69 Å². The van der Waals surface area contributed by atoms with E-state index in [9.17, 15) is 9.18 Å². The number of fused-ring (bicyclic) bond motifs is 1. The molecule has 0 saturated heterocycles. The Morgan fingerprint density at radius 1 is 1.11 bits per heavy atom. The molecule has 2 aromatic carbocycles. The average molecular weight is 501 g/mol. The Kier molecular flexibility index (Phi) is 6.96. The van der Waals surface area contributed by atoms with Crippen molar-refractivity contribution in [2.75, 3.05) is 0 Å². The molecule has 8 nitrogen and oxygen atoms in total. The van der Waals surface area contributed by atoms with Gasteiger partial charge in [0.25, 0.3) is 5.56 Å². The van der Waals surface area contributed by atoms with Gasteiger partial charge in [-0.25, -0.2) is 9.07 Å². The number of benzene rings is 2. The number of aromatic nitrogens is 5. The summed E-state index contributed by atoms with van der Waals surface area (Å²) in [6.07, 6.45) is 2.34. The molecule has 3 heterocycles. The molecule has 0 aliphatic carbocycles. The third-order valence-corrected chi connectivity index (χ3v) is 6.87. The van der Waals surface area contributed by atoms with Gasteiger partial charge in [0.15, 0.2) is 5.82 Å². The summed E-state index contributed by atoms with van der Waals surface area (Å²) in [6, 6.07) is 15.9. The zero-order chi connectivity index (χ0) is 25.9. The summed E-state index contributed by atoms with van der Waals surface area (Å²) in [6.45, 7) is 7.37. The number of hydrogen-bond donors (Lipinski definition) is 1. The third kappa shape index (κ3) is 5.22. The predicted molar refractivity (Wildman–Crippen MR) is 138 cm³/mol. The zero-order valence-corrected chi connectivity index (χ0v) is 21.1. The lowest BCUT2D eigenvalue weighted by molar-refractivity contribution is 0.149. The number of pyridine rings is 1. The number of furan rings is 1. The molecule has 9 heteroatoms. The summed E-state index contributed by atoms with van der Waals surface area (Å²) >= 11 is 0. The van der Waals surface area contributed by atoms with Gasteiger partial charge in [0, 0.05) is 12.1 Å². The fourth-order valence-electron chi connectivity index (χ4n) is 4.71. The minimum atomic E-state index is -0.289. The summed E-state index contributed by atoms with van der Waals surface area (Å²) in [7, 11) is 0. The molecular formula is C28H29FN6O2. The van der Waals surface area contributed by atoms with E-state index in [0.717, 1.165) is 33.4 Å². The van der Waals surface area contributed by atoms with Crippen LogP contribution in [0.25, 0.3) is 10.9 Å². The van der Waals surface area contributed by atoms with Crippen LogP contribution in [-0.2, 0) is 19.6 Å². The van der Waals surface area contributed by atoms with Crippen molar-refractivity contribution in [2.45, 2.75) is 52.9 Å². The van der Waals surface area contributed by atoms with Crippen molar-refractivity contribution in [3.05, 3.63) is 111 Å². The Bertz CT molecular complexity index is 1560. The molecule has 1 unspecified atom stereocenters. The molecule has 0 bridgehead atoms. The summed E-state index contributed by atoms with van der Waals surface area (Å²) in [5, 5.41) is 13.5. The van der Waals surface area contributed by atoms with Gasteiger partial charge in [0.1, 0.15) is 11.6 Å². The van der Waals surface area contributed by atoms with Crippen LogP contribution in [0.3, 0.4) is 0 Å². The number of halogens is 1. The standard InChI is InChI=1S/C28H29FN6O2/c1-4-25(27-31-32-33-35(27)15-20-8-11-23(29)12-9-20)34(17-24-6-5-13-37-24)16-22-14-21-10-7-18(2)19(3)26(21)30-28(22)36/h5-14,25H,4,15-17H2,1-3H3,(H,30,36). The quantitative estimate of drug-likeness (QED) is 0.304. The molecule has 0 spiro atoms. The van der Waals surface area contributed by atoms with Crippen molar-refractivity contribution >= 4 is 10.9 Å². The number of nitrogens with one attached hydrogen (secondary N) is 1. The maximum atomic E-state index is 13.4. The molecule has 0 aliphatic heterocycles. The third-order valence-electron chi connectivity index (χ3n) is 6.87. The van der Waals surface area contributed by atoms with Gasteiger partial charge in [-0.05, 0) is 83.1 Å².